The lowest BCUT2D eigenvalue weighted by molar-refractivity contribution is 0.585. The molecule has 118 valence electrons. The van der Waals surface area contributed by atoms with Crippen molar-refractivity contribution in [2.24, 2.45) is 0 Å². The summed E-state index contributed by atoms with van der Waals surface area (Å²) in [7, 11) is -3.28. The molecule has 0 spiro atoms. The fourth-order valence-corrected chi connectivity index (χ4v) is 3.76. The highest BCUT2D eigenvalue weighted by molar-refractivity contribution is 7.93. The van der Waals surface area contributed by atoms with E-state index in [9.17, 15) is 8.42 Å². The molecule has 0 atom stereocenters. The van der Waals surface area contributed by atoms with Gasteiger partial charge in [0.25, 0.3) is 0 Å². The van der Waals surface area contributed by atoms with E-state index in [0.717, 1.165) is 36.9 Å². The van der Waals surface area contributed by atoms with Crippen LogP contribution in [0.2, 0.25) is 0 Å². The zero-order valence-electron chi connectivity index (χ0n) is 13.7. The predicted octanol–water partition coefficient (Wildman–Crippen LogP) is 3.54. The zero-order valence-corrected chi connectivity index (χ0v) is 14.5. The second-order valence-electron chi connectivity index (χ2n) is 6.98. The largest absolute Gasteiger partial charge is 0.267 e. The van der Waals surface area contributed by atoms with Gasteiger partial charge in [0.05, 0.1) is 5.25 Å². The maximum Gasteiger partial charge on any atom is 0.236 e. The highest BCUT2D eigenvalue weighted by Gasteiger charge is 2.37. The number of pyridine rings is 1. The number of rotatable bonds is 5. The van der Waals surface area contributed by atoms with E-state index >= 15 is 0 Å². The number of nitrogens with zero attached hydrogens (tertiary/aromatic N) is 1. The summed E-state index contributed by atoms with van der Waals surface area (Å²) in [5.74, 6) is 0.506. The number of hydrogen-bond donors (Lipinski definition) is 1. The van der Waals surface area contributed by atoms with Gasteiger partial charge >= 0.3 is 0 Å². The van der Waals surface area contributed by atoms with Crippen LogP contribution in [0.5, 0.6) is 0 Å². The molecular formula is C16H26N2O2S. The van der Waals surface area contributed by atoms with Crippen LogP contribution in [0.4, 0.5) is 5.82 Å². The molecular weight excluding hydrogens is 284 g/mol. The maximum atomic E-state index is 12.2. The molecule has 2 rings (SSSR count). The van der Waals surface area contributed by atoms with Crippen LogP contribution in [0, 0.1) is 6.92 Å². The van der Waals surface area contributed by atoms with Gasteiger partial charge in [-0.25, -0.2) is 13.4 Å². The summed E-state index contributed by atoms with van der Waals surface area (Å²) in [6, 6.07) is 2.12. The summed E-state index contributed by atoms with van der Waals surface area (Å²) in [4.78, 5) is 4.56. The Labute approximate surface area is 128 Å². The Morgan fingerprint density at radius 2 is 1.95 bits per heavy atom. The van der Waals surface area contributed by atoms with Crippen LogP contribution in [-0.4, -0.2) is 18.7 Å². The first-order valence-electron chi connectivity index (χ1n) is 7.67. The Balaban J connectivity index is 2.45. The van der Waals surface area contributed by atoms with Crippen molar-refractivity contribution < 1.29 is 8.42 Å². The van der Waals surface area contributed by atoms with Crippen LogP contribution in [-0.2, 0) is 21.9 Å². The van der Waals surface area contributed by atoms with Crippen molar-refractivity contribution in [3.63, 3.8) is 0 Å². The first-order chi connectivity index (χ1) is 9.65. The molecule has 0 amide bonds. The van der Waals surface area contributed by atoms with Crippen molar-refractivity contribution in [1.82, 2.24) is 4.98 Å². The minimum atomic E-state index is -3.28. The SMILES string of the molecule is CCCc1cc(C(C)(C)C)c(NS(=O)(=O)C2CC2)nc1C. The van der Waals surface area contributed by atoms with Crippen molar-refractivity contribution in [2.45, 2.75) is 71.0 Å². The smallest absolute Gasteiger partial charge is 0.236 e. The molecule has 1 saturated carbocycles. The van der Waals surface area contributed by atoms with Gasteiger partial charge in [0.15, 0.2) is 0 Å². The van der Waals surface area contributed by atoms with Crippen molar-refractivity contribution in [1.29, 1.82) is 0 Å². The van der Waals surface area contributed by atoms with Gasteiger partial charge in [-0.05, 0) is 43.2 Å². The number of aromatic nitrogens is 1. The van der Waals surface area contributed by atoms with Gasteiger partial charge in [0.1, 0.15) is 5.82 Å². The summed E-state index contributed by atoms with van der Waals surface area (Å²) >= 11 is 0. The van der Waals surface area contributed by atoms with Crippen molar-refractivity contribution >= 4 is 15.8 Å². The van der Waals surface area contributed by atoms with E-state index in [1.54, 1.807) is 0 Å². The van der Waals surface area contributed by atoms with E-state index in [4.69, 9.17) is 0 Å². The van der Waals surface area contributed by atoms with E-state index < -0.39 is 10.0 Å². The molecule has 0 aliphatic heterocycles. The van der Waals surface area contributed by atoms with Crippen LogP contribution in [0.25, 0.3) is 0 Å². The third-order valence-electron chi connectivity index (χ3n) is 3.85. The molecule has 5 heteroatoms. The fourth-order valence-electron chi connectivity index (χ4n) is 2.42. The second-order valence-corrected chi connectivity index (χ2v) is 8.94. The van der Waals surface area contributed by atoms with Gasteiger partial charge in [0, 0.05) is 11.3 Å². The van der Waals surface area contributed by atoms with Gasteiger partial charge in [-0.3, -0.25) is 4.72 Å². The summed E-state index contributed by atoms with van der Waals surface area (Å²) in [6.07, 6.45) is 3.54. The number of nitrogens with one attached hydrogen (secondary N) is 1. The van der Waals surface area contributed by atoms with E-state index in [0.29, 0.717) is 5.82 Å². The molecule has 0 saturated heterocycles. The standard InChI is InChI=1S/C16H26N2O2S/c1-6-7-12-10-14(16(3,4)5)15(17-11(12)2)18-21(19,20)13-8-9-13/h10,13H,6-9H2,1-5H3,(H,17,18). The highest BCUT2D eigenvalue weighted by atomic mass is 32.2. The summed E-state index contributed by atoms with van der Waals surface area (Å²) < 4.78 is 27.2. The van der Waals surface area contributed by atoms with Gasteiger partial charge < -0.3 is 0 Å². The average molecular weight is 310 g/mol. The van der Waals surface area contributed by atoms with Gasteiger partial charge in [0.2, 0.25) is 10.0 Å². The Morgan fingerprint density at radius 1 is 1.33 bits per heavy atom. The molecule has 4 nitrogen and oxygen atoms in total. The van der Waals surface area contributed by atoms with Gasteiger partial charge in [-0.15, -0.1) is 0 Å². The zero-order chi connectivity index (χ0) is 15.8. The van der Waals surface area contributed by atoms with Gasteiger partial charge in [-0.1, -0.05) is 34.1 Å². The molecule has 1 aliphatic rings. The van der Waals surface area contributed by atoms with Crippen LogP contribution in [0.15, 0.2) is 6.07 Å². The minimum absolute atomic E-state index is 0.148. The molecule has 1 aromatic rings. The number of hydrogen-bond acceptors (Lipinski definition) is 3. The first-order valence-corrected chi connectivity index (χ1v) is 9.22. The Kier molecular flexibility index (Phi) is 4.34. The fraction of sp³-hybridized carbons (Fsp3) is 0.688. The van der Waals surface area contributed by atoms with Crippen LogP contribution < -0.4 is 4.72 Å². The van der Waals surface area contributed by atoms with E-state index in [1.807, 2.05) is 6.92 Å². The van der Waals surface area contributed by atoms with Gasteiger partial charge in [-0.2, -0.15) is 0 Å². The predicted molar refractivity (Wildman–Crippen MR) is 87.2 cm³/mol. The van der Waals surface area contributed by atoms with Crippen molar-refractivity contribution in [2.75, 3.05) is 4.72 Å². The third-order valence-corrected chi connectivity index (χ3v) is 5.67. The molecule has 0 radical (unpaired) electrons. The average Bonchev–Trinajstić information content (AvgIpc) is 3.14. The Morgan fingerprint density at radius 3 is 2.43 bits per heavy atom. The summed E-state index contributed by atoms with van der Waals surface area (Å²) in [5.41, 5.74) is 2.95. The molecule has 0 aromatic carbocycles. The lowest BCUT2D eigenvalue weighted by Gasteiger charge is -2.24. The third kappa shape index (κ3) is 3.76. The lowest BCUT2D eigenvalue weighted by Crippen LogP contribution is -2.23. The van der Waals surface area contributed by atoms with E-state index in [-0.39, 0.29) is 10.7 Å². The normalized spacial score (nSPS) is 16.0. The molecule has 1 fully saturated rings. The molecule has 0 bridgehead atoms. The minimum Gasteiger partial charge on any atom is -0.267 e. The second kappa shape index (κ2) is 5.59. The van der Waals surface area contributed by atoms with Crippen molar-refractivity contribution in [3.8, 4) is 0 Å². The molecule has 0 unspecified atom stereocenters. The highest BCUT2D eigenvalue weighted by Crippen LogP contribution is 2.34. The number of anilines is 1. The molecule has 1 aliphatic carbocycles. The molecule has 1 N–H and O–H groups in total. The van der Waals surface area contributed by atoms with Crippen LogP contribution in [0.1, 0.15) is 63.8 Å². The van der Waals surface area contributed by atoms with Crippen molar-refractivity contribution in [3.05, 3.63) is 22.9 Å². The first kappa shape index (κ1) is 16.3. The Bertz CT molecular complexity index is 626. The van der Waals surface area contributed by atoms with Crippen LogP contribution in [0.3, 0.4) is 0 Å². The number of sulfonamides is 1. The topological polar surface area (TPSA) is 59.1 Å². The summed E-state index contributed by atoms with van der Waals surface area (Å²) in [6.45, 7) is 10.4. The maximum absolute atomic E-state index is 12.2. The van der Waals surface area contributed by atoms with E-state index in [2.05, 4.69) is 43.5 Å². The quantitative estimate of drug-likeness (QED) is 0.905. The molecule has 1 aromatic heterocycles. The van der Waals surface area contributed by atoms with E-state index in [1.165, 1.54) is 5.56 Å². The lowest BCUT2D eigenvalue weighted by atomic mass is 9.86. The van der Waals surface area contributed by atoms with Crippen LogP contribution >= 0.6 is 0 Å². The number of aryl methyl sites for hydroxylation is 2. The summed E-state index contributed by atoms with van der Waals surface area (Å²) in [5, 5.41) is -0.234. The molecule has 1 heterocycles. The Hall–Kier alpha value is -1.10. The molecule has 21 heavy (non-hydrogen) atoms. The monoisotopic (exact) mass is 310 g/mol.